The van der Waals surface area contributed by atoms with Crippen molar-refractivity contribution in [2.45, 2.75) is 6.42 Å². The van der Waals surface area contributed by atoms with E-state index in [0.29, 0.717) is 43.7 Å². The van der Waals surface area contributed by atoms with Crippen LogP contribution in [0, 0.1) is 0 Å². The summed E-state index contributed by atoms with van der Waals surface area (Å²) in [4.78, 5) is 54.2. The molecule has 0 spiro atoms. The Morgan fingerprint density at radius 2 is 1.50 bits per heavy atom. The molecule has 0 unspecified atom stereocenters. The van der Waals surface area contributed by atoms with Gasteiger partial charge in [0.15, 0.2) is 5.76 Å². The van der Waals surface area contributed by atoms with E-state index in [1.807, 2.05) is 0 Å². The van der Waals surface area contributed by atoms with Crippen LogP contribution in [-0.4, -0.2) is 71.1 Å². The quantitative estimate of drug-likeness (QED) is 0.747. The third-order valence-corrected chi connectivity index (χ3v) is 5.04. The van der Waals surface area contributed by atoms with Crippen LogP contribution in [0.1, 0.15) is 37.7 Å². The second-order valence-electron chi connectivity index (χ2n) is 6.75. The number of hydrogen-bond donors (Lipinski definition) is 0. The first-order valence-corrected chi connectivity index (χ1v) is 9.12. The van der Waals surface area contributed by atoms with Crippen LogP contribution in [0.2, 0.25) is 0 Å². The monoisotopic (exact) mass is 381 g/mol. The molecule has 1 aromatic carbocycles. The number of imide groups is 1. The molecule has 1 saturated heterocycles. The highest BCUT2D eigenvalue weighted by atomic mass is 16.3. The van der Waals surface area contributed by atoms with Crippen LogP contribution in [0.3, 0.4) is 0 Å². The van der Waals surface area contributed by atoms with E-state index in [1.165, 1.54) is 6.26 Å². The van der Waals surface area contributed by atoms with Crippen molar-refractivity contribution in [2.75, 3.05) is 32.7 Å². The smallest absolute Gasteiger partial charge is 0.289 e. The van der Waals surface area contributed by atoms with Gasteiger partial charge in [-0.15, -0.1) is 0 Å². The van der Waals surface area contributed by atoms with Gasteiger partial charge in [0.2, 0.25) is 5.91 Å². The highest BCUT2D eigenvalue weighted by Gasteiger charge is 2.37. The van der Waals surface area contributed by atoms with E-state index in [1.54, 1.807) is 46.2 Å². The van der Waals surface area contributed by atoms with Gasteiger partial charge in [0.25, 0.3) is 17.7 Å². The normalized spacial score (nSPS) is 16.9. The minimum atomic E-state index is -0.446. The summed E-state index contributed by atoms with van der Waals surface area (Å²) in [7, 11) is 0. The number of carbonyl (C=O) groups excluding carboxylic acids is 4. The van der Waals surface area contributed by atoms with Gasteiger partial charge in [-0.2, -0.15) is 0 Å². The van der Waals surface area contributed by atoms with Gasteiger partial charge in [0.1, 0.15) is 6.54 Å². The maximum atomic E-state index is 12.7. The summed E-state index contributed by atoms with van der Waals surface area (Å²) in [5.41, 5.74) is 0.651. The summed E-state index contributed by atoms with van der Waals surface area (Å²) in [6.07, 6.45) is 2.06. The number of rotatable bonds is 3. The lowest BCUT2D eigenvalue weighted by Crippen LogP contribution is -2.44. The predicted molar refractivity (Wildman–Crippen MR) is 97.6 cm³/mol. The van der Waals surface area contributed by atoms with Crippen molar-refractivity contribution in [1.29, 1.82) is 0 Å². The Labute approximate surface area is 161 Å². The molecule has 1 aromatic heterocycles. The van der Waals surface area contributed by atoms with Crippen LogP contribution in [-0.2, 0) is 4.79 Å². The van der Waals surface area contributed by atoms with Gasteiger partial charge in [0, 0.05) is 26.2 Å². The minimum absolute atomic E-state index is 0.209. The molecule has 0 radical (unpaired) electrons. The minimum Gasteiger partial charge on any atom is -0.459 e. The molecule has 0 atom stereocenters. The Bertz CT molecular complexity index is 902. The van der Waals surface area contributed by atoms with Gasteiger partial charge < -0.3 is 14.2 Å². The van der Waals surface area contributed by atoms with E-state index in [-0.39, 0.29) is 24.1 Å². The summed E-state index contributed by atoms with van der Waals surface area (Å²) in [5.74, 6) is -1.14. The second-order valence-corrected chi connectivity index (χ2v) is 6.75. The standard InChI is InChI=1S/C20H19N3O5/c24-17(13-23-18(25)14-5-1-2-6-15(14)19(23)26)21-8-4-9-22(11-10-21)20(27)16-7-3-12-28-16/h1-3,5-7,12H,4,8-11,13H2. The highest BCUT2D eigenvalue weighted by molar-refractivity contribution is 6.22. The molecule has 0 N–H and O–H groups in total. The molecule has 0 aliphatic carbocycles. The molecule has 0 bridgehead atoms. The molecule has 3 heterocycles. The average molecular weight is 381 g/mol. The molecular formula is C20H19N3O5. The Balaban J connectivity index is 1.39. The molecule has 4 rings (SSSR count). The maximum Gasteiger partial charge on any atom is 0.289 e. The molecule has 28 heavy (non-hydrogen) atoms. The van der Waals surface area contributed by atoms with Crippen LogP contribution in [0.4, 0.5) is 0 Å². The van der Waals surface area contributed by atoms with Gasteiger partial charge in [0.05, 0.1) is 17.4 Å². The lowest BCUT2D eigenvalue weighted by Gasteiger charge is -2.23. The van der Waals surface area contributed by atoms with Crippen LogP contribution in [0.15, 0.2) is 47.1 Å². The number of hydrogen-bond acceptors (Lipinski definition) is 5. The fraction of sp³-hybridized carbons (Fsp3) is 0.300. The first-order valence-electron chi connectivity index (χ1n) is 9.12. The molecule has 2 aliphatic rings. The number of benzene rings is 1. The van der Waals surface area contributed by atoms with Gasteiger partial charge in [-0.25, -0.2) is 0 Å². The summed E-state index contributed by atoms with van der Waals surface area (Å²) >= 11 is 0. The molecule has 1 fully saturated rings. The molecule has 4 amide bonds. The third kappa shape index (κ3) is 3.17. The molecule has 2 aliphatic heterocycles. The Morgan fingerprint density at radius 3 is 2.14 bits per heavy atom. The summed E-state index contributed by atoms with van der Waals surface area (Å²) in [6, 6.07) is 9.82. The summed E-state index contributed by atoms with van der Waals surface area (Å²) in [6.45, 7) is 1.39. The van der Waals surface area contributed by atoms with Crippen molar-refractivity contribution >= 4 is 23.6 Å². The van der Waals surface area contributed by atoms with Crippen LogP contribution in [0.5, 0.6) is 0 Å². The van der Waals surface area contributed by atoms with Gasteiger partial charge >= 0.3 is 0 Å². The van der Waals surface area contributed by atoms with Crippen molar-refractivity contribution in [3.8, 4) is 0 Å². The zero-order valence-electron chi connectivity index (χ0n) is 15.2. The zero-order valence-corrected chi connectivity index (χ0v) is 15.2. The number of carbonyl (C=O) groups is 4. The SMILES string of the molecule is O=C(CN1C(=O)c2ccccc2C1=O)N1CCCN(C(=O)c2ccco2)CC1. The molecule has 144 valence electrons. The predicted octanol–water partition coefficient (Wildman–Crippen LogP) is 1.25. The zero-order chi connectivity index (χ0) is 19.7. The molecule has 8 heteroatoms. The van der Waals surface area contributed by atoms with Crippen LogP contribution >= 0.6 is 0 Å². The number of furan rings is 1. The molecule has 0 saturated carbocycles. The lowest BCUT2D eigenvalue weighted by molar-refractivity contribution is -0.131. The van der Waals surface area contributed by atoms with E-state index in [4.69, 9.17) is 4.42 Å². The second kappa shape index (κ2) is 7.30. The largest absolute Gasteiger partial charge is 0.459 e. The van der Waals surface area contributed by atoms with Crippen molar-refractivity contribution in [3.05, 3.63) is 59.5 Å². The van der Waals surface area contributed by atoms with E-state index in [0.717, 1.165) is 4.90 Å². The first-order chi connectivity index (χ1) is 13.6. The third-order valence-electron chi connectivity index (χ3n) is 5.04. The van der Waals surface area contributed by atoms with E-state index < -0.39 is 11.8 Å². The molecule has 8 nitrogen and oxygen atoms in total. The topological polar surface area (TPSA) is 91.1 Å². The van der Waals surface area contributed by atoms with E-state index in [9.17, 15) is 19.2 Å². The molecular weight excluding hydrogens is 362 g/mol. The fourth-order valence-electron chi connectivity index (χ4n) is 3.54. The van der Waals surface area contributed by atoms with Gasteiger partial charge in [-0.3, -0.25) is 24.1 Å². The van der Waals surface area contributed by atoms with E-state index >= 15 is 0 Å². The van der Waals surface area contributed by atoms with E-state index in [2.05, 4.69) is 0 Å². The lowest BCUT2D eigenvalue weighted by atomic mass is 10.1. The van der Waals surface area contributed by atoms with Crippen molar-refractivity contribution < 1.29 is 23.6 Å². The van der Waals surface area contributed by atoms with Crippen LogP contribution < -0.4 is 0 Å². The maximum absolute atomic E-state index is 12.7. The average Bonchev–Trinajstić information content (AvgIpc) is 3.23. The Morgan fingerprint density at radius 1 is 0.857 bits per heavy atom. The van der Waals surface area contributed by atoms with Crippen molar-refractivity contribution in [1.82, 2.24) is 14.7 Å². The fourth-order valence-corrected chi connectivity index (χ4v) is 3.54. The summed E-state index contributed by atoms with van der Waals surface area (Å²) in [5, 5.41) is 0. The Hall–Kier alpha value is -3.42. The van der Waals surface area contributed by atoms with Crippen molar-refractivity contribution in [2.24, 2.45) is 0 Å². The number of nitrogens with zero attached hydrogens (tertiary/aromatic N) is 3. The van der Waals surface area contributed by atoms with Gasteiger partial charge in [-0.1, -0.05) is 12.1 Å². The molecule has 2 aromatic rings. The first kappa shape index (κ1) is 18.0. The number of fused-ring (bicyclic) bond motifs is 1. The van der Waals surface area contributed by atoms with Crippen LogP contribution in [0.25, 0.3) is 0 Å². The van der Waals surface area contributed by atoms with Gasteiger partial charge in [-0.05, 0) is 30.7 Å². The Kier molecular flexibility index (Phi) is 4.68. The highest BCUT2D eigenvalue weighted by Crippen LogP contribution is 2.22. The van der Waals surface area contributed by atoms with Crippen molar-refractivity contribution in [3.63, 3.8) is 0 Å². The number of amides is 4. The summed E-state index contributed by atoms with van der Waals surface area (Å²) < 4.78 is 5.15.